The smallest absolute Gasteiger partial charge is 0.335 e. The molecule has 2 rings (SSSR count). The highest BCUT2D eigenvalue weighted by Crippen LogP contribution is 2.31. The summed E-state index contributed by atoms with van der Waals surface area (Å²) in [6, 6.07) is 3.83. The molecule has 6 N–H and O–H groups in total. The molecule has 1 saturated carbocycles. The number of esters is 1. The van der Waals surface area contributed by atoms with E-state index < -0.39 is 48.7 Å². The third-order valence-corrected chi connectivity index (χ3v) is 3.94. The number of aliphatic hydroxyl groups excluding tert-OH is 2. The van der Waals surface area contributed by atoms with Gasteiger partial charge in [0.2, 0.25) is 0 Å². The predicted octanol–water partition coefficient (Wildman–Crippen LogP) is -0.646. The number of hydrogen-bond donors (Lipinski definition) is 6. The standard InChI is InChI=1S/C16H18O9/c17-9-3-1-8(5-10(9)18)2-4-13(20)25-12-7-16(24,15(22)23)6-11(19)14(12)21/h1-5,11-12,14,17-19,21,24H,6-7H2,(H,22,23)/t11-,12+,14+,16-/m1/s1. The predicted molar refractivity (Wildman–Crippen MR) is 82.5 cm³/mol. The van der Waals surface area contributed by atoms with Crippen LogP contribution in [0.2, 0.25) is 0 Å². The van der Waals surface area contributed by atoms with Crippen LogP contribution in [-0.4, -0.2) is 66.5 Å². The number of carbonyl (C=O) groups is 2. The maximum Gasteiger partial charge on any atom is 0.335 e. The van der Waals surface area contributed by atoms with Gasteiger partial charge >= 0.3 is 11.9 Å². The Morgan fingerprint density at radius 2 is 1.84 bits per heavy atom. The SMILES string of the molecule is O=C(C=Cc1ccc(O)c(O)c1)O[C@H]1C[C@@](O)(C(=O)O)C[C@@H](O)[C@@H]1O. The van der Waals surface area contributed by atoms with Crippen molar-refractivity contribution >= 4 is 18.0 Å². The minimum absolute atomic E-state index is 0.327. The Morgan fingerprint density at radius 3 is 2.44 bits per heavy atom. The van der Waals surface area contributed by atoms with Crippen LogP contribution in [0.5, 0.6) is 11.5 Å². The molecule has 1 aliphatic rings. The molecule has 0 heterocycles. The number of phenolic OH excluding ortho intramolecular Hbond substituents is 2. The largest absolute Gasteiger partial charge is 0.504 e. The lowest BCUT2D eigenvalue weighted by Crippen LogP contribution is -2.57. The minimum Gasteiger partial charge on any atom is -0.504 e. The number of ether oxygens (including phenoxy) is 1. The van der Waals surface area contributed by atoms with E-state index in [0.717, 1.165) is 6.08 Å². The Labute approximate surface area is 142 Å². The minimum atomic E-state index is -2.31. The first kappa shape index (κ1) is 18.7. The zero-order chi connectivity index (χ0) is 18.8. The second-order valence-corrected chi connectivity index (χ2v) is 5.86. The second kappa shape index (κ2) is 7.09. The van der Waals surface area contributed by atoms with Crippen LogP contribution >= 0.6 is 0 Å². The average molecular weight is 354 g/mol. The lowest BCUT2D eigenvalue weighted by molar-refractivity contribution is -0.196. The molecule has 0 amide bonds. The first-order valence-electron chi connectivity index (χ1n) is 7.35. The molecule has 0 aromatic heterocycles. The molecule has 1 aliphatic carbocycles. The number of carboxylic acids is 1. The quantitative estimate of drug-likeness (QED) is 0.234. The lowest BCUT2D eigenvalue weighted by Gasteiger charge is -2.39. The van der Waals surface area contributed by atoms with Gasteiger partial charge < -0.3 is 35.4 Å². The van der Waals surface area contributed by atoms with Crippen LogP contribution in [-0.2, 0) is 14.3 Å². The summed E-state index contributed by atoms with van der Waals surface area (Å²) in [5, 5.41) is 57.0. The van der Waals surface area contributed by atoms with E-state index in [9.17, 15) is 35.1 Å². The molecule has 9 nitrogen and oxygen atoms in total. The molecular formula is C16H18O9. The van der Waals surface area contributed by atoms with Crippen molar-refractivity contribution in [1.82, 2.24) is 0 Å². The van der Waals surface area contributed by atoms with Gasteiger partial charge in [0.15, 0.2) is 17.1 Å². The molecule has 1 aromatic carbocycles. The van der Waals surface area contributed by atoms with E-state index in [1.807, 2.05) is 0 Å². The van der Waals surface area contributed by atoms with E-state index in [0.29, 0.717) is 5.56 Å². The molecule has 25 heavy (non-hydrogen) atoms. The Bertz CT molecular complexity index is 699. The fourth-order valence-corrected chi connectivity index (χ4v) is 2.53. The molecule has 136 valence electrons. The number of phenols is 2. The van der Waals surface area contributed by atoms with Crippen molar-refractivity contribution < 1.29 is 45.0 Å². The number of rotatable bonds is 4. The van der Waals surface area contributed by atoms with E-state index >= 15 is 0 Å². The van der Waals surface area contributed by atoms with Crippen LogP contribution in [0.15, 0.2) is 24.3 Å². The third kappa shape index (κ3) is 4.27. The third-order valence-electron chi connectivity index (χ3n) is 3.94. The van der Waals surface area contributed by atoms with Gasteiger partial charge in [0.25, 0.3) is 0 Å². The van der Waals surface area contributed by atoms with Crippen molar-refractivity contribution in [2.45, 2.75) is 36.8 Å². The molecule has 0 spiro atoms. The second-order valence-electron chi connectivity index (χ2n) is 5.86. The van der Waals surface area contributed by atoms with Gasteiger partial charge in [-0.2, -0.15) is 0 Å². The van der Waals surface area contributed by atoms with Gasteiger partial charge in [0.1, 0.15) is 12.2 Å². The number of aliphatic hydroxyl groups is 3. The molecule has 4 atom stereocenters. The fraction of sp³-hybridized carbons (Fsp3) is 0.375. The first-order chi connectivity index (χ1) is 11.6. The number of hydrogen-bond acceptors (Lipinski definition) is 8. The summed E-state index contributed by atoms with van der Waals surface area (Å²) in [5.41, 5.74) is -1.94. The molecule has 0 bridgehead atoms. The summed E-state index contributed by atoms with van der Waals surface area (Å²) in [6.07, 6.45) is -3.44. The number of carbonyl (C=O) groups excluding carboxylic acids is 1. The van der Waals surface area contributed by atoms with Crippen molar-refractivity contribution in [3.63, 3.8) is 0 Å². The van der Waals surface area contributed by atoms with Crippen LogP contribution in [0, 0.1) is 0 Å². The normalized spacial score (nSPS) is 29.5. The Kier molecular flexibility index (Phi) is 5.31. The van der Waals surface area contributed by atoms with E-state index in [4.69, 9.17) is 9.84 Å². The fourth-order valence-electron chi connectivity index (χ4n) is 2.53. The van der Waals surface area contributed by atoms with Gasteiger partial charge in [-0.1, -0.05) is 6.07 Å². The summed E-state index contributed by atoms with van der Waals surface area (Å²) in [4.78, 5) is 22.9. The lowest BCUT2D eigenvalue weighted by atomic mass is 9.79. The van der Waals surface area contributed by atoms with Crippen LogP contribution in [0.1, 0.15) is 18.4 Å². The van der Waals surface area contributed by atoms with Gasteiger partial charge in [0.05, 0.1) is 6.10 Å². The Balaban J connectivity index is 2.06. The molecule has 0 saturated heterocycles. The van der Waals surface area contributed by atoms with Crippen LogP contribution < -0.4 is 0 Å². The van der Waals surface area contributed by atoms with Crippen molar-refractivity contribution in [2.75, 3.05) is 0 Å². The summed E-state index contributed by atoms with van der Waals surface area (Å²) in [5.74, 6) is -3.24. The highest BCUT2D eigenvalue weighted by molar-refractivity contribution is 5.87. The highest BCUT2D eigenvalue weighted by atomic mass is 16.6. The maximum atomic E-state index is 11.8. The number of aliphatic carboxylic acids is 1. The summed E-state index contributed by atoms with van der Waals surface area (Å²) in [6.45, 7) is 0. The van der Waals surface area contributed by atoms with Crippen molar-refractivity contribution in [3.8, 4) is 11.5 Å². The Hall–Kier alpha value is -2.62. The van der Waals surface area contributed by atoms with Gasteiger partial charge in [0, 0.05) is 18.9 Å². The Morgan fingerprint density at radius 1 is 1.16 bits per heavy atom. The van der Waals surface area contributed by atoms with Gasteiger partial charge in [-0.25, -0.2) is 9.59 Å². The highest BCUT2D eigenvalue weighted by Gasteiger charge is 2.50. The molecule has 0 unspecified atom stereocenters. The molecule has 1 aromatic rings. The molecule has 0 aliphatic heterocycles. The molecule has 0 radical (unpaired) electrons. The van der Waals surface area contributed by atoms with Crippen LogP contribution in [0.4, 0.5) is 0 Å². The van der Waals surface area contributed by atoms with Crippen LogP contribution in [0.3, 0.4) is 0 Å². The first-order valence-corrected chi connectivity index (χ1v) is 7.35. The summed E-state index contributed by atoms with van der Waals surface area (Å²) in [7, 11) is 0. The van der Waals surface area contributed by atoms with E-state index in [1.165, 1.54) is 24.3 Å². The van der Waals surface area contributed by atoms with Gasteiger partial charge in [-0.05, 0) is 23.8 Å². The van der Waals surface area contributed by atoms with Crippen molar-refractivity contribution in [3.05, 3.63) is 29.8 Å². The number of carboxylic acid groups (broad SMARTS) is 1. The van der Waals surface area contributed by atoms with Gasteiger partial charge in [-0.3, -0.25) is 0 Å². The number of benzene rings is 1. The van der Waals surface area contributed by atoms with Crippen LogP contribution in [0.25, 0.3) is 6.08 Å². The van der Waals surface area contributed by atoms with Crippen molar-refractivity contribution in [2.24, 2.45) is 0 Å². The maximum absolute atomic E-state index is 11.8. The summed E-state index contributed by atoms with van der Waals surface area (Å²) < 4.78 is 4.92. The zero-order valence-corrected chi connectivity index (χ0v) is 12.9. The zero-order valence-electron chi connectivity index (χ0n) is 12.9. The van der Waals surface area contributed by atoms with Crippen molar-refractivity contribution in [1.29, 1.82) is 0 Å². The summed E-state index contributed by atoms with van der Waals surface area (Å²) >= 11 is 0. The molecule has 1 fully saturated rings. The topological polar surface area (TPSA) is 165 Å². The average Bonchev–Trinajstić information content (AvgIpc) is 2.53. The number of aromatic hydroxyl groups is 2. The monoisotopic (exact) mass is 354 g/mol. The molecular weight excluding hydrogens is 336 g/mol. The van der Waals surface area contributed by atoms with Gasteiger partial charge in [-0.15, -0.1) is 0 Å². The molecule has 9 heteroatoms. The van der Waals surface area contributed by atoms with E-state index in [1.54, 1.807) is 0 Å². The van der Waals surface area contributed by atoms with E-state index in [-0.39, 0.29) is 11.5 Å². The van der Waals surface area contributed by atoms with E-state index in [2.05, 4.69) is 0 Å².